The largest absolute Gasteiger partial charge is 0.490 e. The molecule has 1 N–H and O–H groups in total. The Morgan fingerprint density at radius 2 is 1.10 bits per heavy atom. The Balaban J connectivity index is 0.000000337. The van der Waals surface area contributed by atoms with Crippen LogP contribution in [0, 0.1) is 0 Å². The van der Waals surface area contributed by atoms with Crippen molar-refractivity contribution in [2.75, 3.05) is 19.8 Å². The summed E-state index contributed by atoms with van der Waals surface area (Å²) in [5.74, 6) is -0.0304. The van der Waals surface area contributed by atoms with E-state index in [9.17, 15) is 14.4 Å². The molecule has 49 heavy (non-hydrogen) atoms. The maximum absolute atomic E-state index is 12.8. The minimum atomic E-state index is -1.13. The number of aliphatic carboxylic acids is 1. The molecule has 0 radical (unpaired) electrons. The van der Waals surface area contributed by atoms with Gasteiger partial charge in [-0.25, -0.2) is 4.79 Å². The van der Waals surface area contributed by atoms with Gasteiger partial charge in [-0.05, 0) is 87.4 Å². The molecular formula is C42H42O7. The molecular weight excluding hydrogens is 616 g/mol. The predicted octanol–water partition coefficient (Wildman–Crippen LogP) is 9.32. The SMILES string of the molecule is CC(C)=CCOc1ccc(/C=C/C(=O)c2ccc(OCC=C(C)C)cc2OCC(=O)O)cc1.O=C(C=Cc1ccccc1)c1ccccc1. The van der Waals surface area contributed by atoms with Crippen molar-refractivity contribution in [2.24, 2.45) is 0 Å². The second-order valence-corrected chi connectivity index (χ2v) is 11.3. The zero-order valence-corrected chi connectivity index (χ0v) is 28.3. The van der Waals surface area contributed by atoms with Gasteiger partial charge in [-0.3, -0.25) is 9.59 Å². The fraction of sp³-hybridized carbons (Fsp3) is 0.167. The summed E-state index contributed by atoms with van der Waals surface area (Å²) in [5, 5.41) is 8.96. The van der Waals surface area contributed by atoms with E-state index in [0.29, 0.717) is 19.0 Å². The van der Waals surface area contributed by atoms with Crippen LogP contribution in [0.2, 0.25) is 0 Å². The van der Waals surface area contributed by atoms with Crippen LogP contribution in [0.25, 0.3) is 12.2 Å². The quantitative estimate of drug-likeness (QED) is 0.0772. The van der Waals surface area contributed by atoms with Gasteiger partial charge in [-0.2, -0.15) is 0 Å². The van der Waals surface area contributed by atoms with Crippen LogP contribution in [0.5, 0.6) is 17.2 Å². The van der Waals surface area contributed by atoms with Crippen molar-refractivity contribution in [3.63, 3.8) is 0 Å². The number of carboxylic acids is 1. The van der Waals surface area contributed by atoms with Gasteiger partial charge in [0.2, 0.25) is 0 Å². The summed E-state index contributed by atoms with van der Waals surface area (Å²) in [6.07, 6.45) is 10.4. The molecule has 0 aromatic heterocycles. The van der Waals surface area contributed by atoms with E-state index in [0.717, 1.165) is 28.0 Å². The van der Waals surface area contributed by atoms with Gasteiger partial charge in [-0.1, -0.05) is 96.1 Å². The van der Waals surface area contributed by atoms with E-state index in [1.54, 1.807) is 24.3 Å². The zero-order chi connectivity index (χ0) is 35.4. The Kier molecular flexibility index (Phi) is 15.6. The second kappa shape index (κ2) is 20.3. The Labute approximate surface area is 288 Å². The number of carbonyl (C=O) groups is 3. The highest BCUT2D eigenvalue weighted by atomic mass is 16.5. The standard InChI is InChI=1S/C27H30O6.C15H12O/c1-19(2)13-15-31-22-8-5-21(6-9-22)7-12-25(28)24-11-10-23(32-16-14-20(3)4)17-26(24)33-18-27(29)30;16-15(14-9-5-2-6-10-14)12-11-13-7-3-1-4-8-13/h5-14,17H,15-16,18H2,1-4H3,(H,29,30);1-12H/b12-7+;. The molecule has 0 heterocycles. The molecule has 0 aliphatic rings. The van der Waals surface area contributed by atoms with E-state index in [4.69, 9.17) is 19.3 Å². The van der Waals surface area contributed by atoms with Crippen LogP contribution in [-0.4, -0.2) is 42.5 Å². The van der Waals surface area contributed by atoms with E-state index in [1.807, 2.05) is 131 Å². The lowest BCUT2D eigenvalue weighted by Gasteiger charge is -2.11. The molecule has 0 saturated heterocycles. The molecule has 0 fully saturated rings. The third-order valence-electron chi connectivity index (χ3n) is 6.65. The zero-order valence-electron chi connectivity index (χ0n) is 28.3. The summed E-state index contributed by atoms with van der Waals surface area (Å²) in [7, 11) is 0. The summed E-state index contributed by atoms with van der Waals surface area (Å²) >= 11 is 0. The van der Waals surface area contributed by atoms with Crippen molar-refractivity contribution in [1.29, 1.82) is 0 Å². The van der Waals surface area contributed by atoms with E-state index in [-0.39, 0.29) is 22.9 Å². The smallest absolute Gasteiger partial charge is 0.341 e. The van der Waals surface area contributed by atoms with Crippen LogP contribution in [-0.2, 0) is 4.79 Å². The number of ether oxygens (including phenoxy) is 3. The van der Waals surface area contributed by atoms with Gasteiger partial charge in [0.1, 0.15) is 30.5 Å². The lowest BCUT2D eigenvalue weighted by Crippen LogP contribution is -2.12. The first-order chi connectivity index (χ1) is 23.6. The van der Waals surface area contributed by atoms with Gasteiger partial charge in [0, 0.05) is 11.6 Å². The van der Waals surface area contributed by atoms with Crippen LogP contribution < -0.4 is 14.2 Å². The minimum absolute atomic E-state index is 0.0319. The lowest BCUT2D eigenvalue weighted by molar-refractivity contribution is -0.139. The Morgan fingerprint density at radius 3 is 1.67 bits per heavy atom. The first-order valence-corrected chi connectivity index (χ1v) is 15.8. The first-order valence-electron chi connectivity index (χ1n) is 15.8. The van der Waals surface area contributed by atoms with Crippen molar-refractivity contribution in [2.45, 2.75) is 27.7 Å². The minimum Gasteiger partial charge on any atom is -0.490 e. The summed E-state index contributed by atoms with van der Waals surface area (Å²) < 4.78 is 16.6. The molecule has 4 aromatic carbocycles. The Bertz CT molecular complexity index is 1770. The maximum Gasteiger partial charge on any atom is 0.341 e. The van der Waals surface area contributed by atoms with Crippen LogP contribution in [0.3, 0.4) is 0 Å². The molecule has 252 valence electrons. The molecule has 0 atom stereocenters. The molecule has 0 bridgehead atoms. The third-order valence-corrected chi connectivity index (χ3v) is 6.65. The predicted molar refractivity (Wildman–Crippen MR) is 195 cm³/mol. The van der Waals surface area contributed by atoms with Crippen molar-refractivity contribution in [1.82, 2.24) is 0 Å². The summed E-state index contributed by atoms with van der Waals surface area (Å²) in [6.45, 7) is 8.25. The fourth-order valence-electron chi connectivity index (χ4n) is 4.04. The molecule has 0 saturated carbocycles. The lowest BCUT2D eigenvalue weighted by atomic mass is 10.1. The highest BCUT2D eigenvalue weighted by Crippen LogP contribution is 2.26. The van der Waals surface area contributed by atoms with E-state index >= 15 is 0 Å². The molecule has 0 unspecified atom stereocenters. The molecule has 4 aromatic rings. The number of allylic oxidation sites excluding steroid dienone is 4. The van der Waals surface area contributed by atoms with Gasteiger partial charge >= 0.3 is 5.97 Å². The average Bonchev–Trinajstić information content (AvgIpc) is 3.10. The summed E-state index contributed by atoms with van der Waals surface area (Å²) in [6, 6.07) is 31.2. The highest BCUT2D eigenvalue weighted by Gasteiger charge is 2.13. The molecule has 7 heteroatoms. The van der Waals surface area contributed by atoms with Crippen LogP contribution >= 0.6 is 0 Å². The highest BCUT2D eigenvalue weighted by molar-refractivity contribution is 6.09. The van der Waals surface area contributed by atoms with E-state index in [1.165, 1.54) is 17.7 Å². The first kappa shape index (κ1) is 37.5. The summed E-state index contributed by atoms with van der Waals surface area (Å²) in [5.41, 5.74) is 5.13. The number of hydrogen-bond donors (Lipinski definition) is 1. The Hall–Kier alpha value is -5.95. The van der Waals surface area contributed by atoms with Gasteiger partial charge in [-0.15, -0.1) is 0 Å². The third kappa shape index (κ3) is 14.6. The van der Waals surface area contributed by atoms with Gasteiger partial charge in [0.05, 0.1) is 5.56 Å². The fourth-order valence-corrected chi connectivity index (χ4v) is 4.04. The molecule has 0 amide bonds. The van der Waals surface area contributed by atoms with E-state index in [2.05, 4.69) is 0 Å². The number of ketones is 2. The number of hydrogen-bond acceptors (Lipinski definition) is 6. The van der Waals surface area contributed by atoms with Crippen molar-refractivity contribution >= 4 is 29.7 Å². The Morgan fingerprint density at radius 1 is 0.592 bits per heavy atom. The molecule has 7 nitrogen and oxygen atoms in total. The maximum atomic E-state index is 12.8. The number of benzene rings is 4. The topological polar surface area (TPSA) is 99.1 Å². The normalized spacial score (nSPS) is 10.4. The second-order valence-electron chi connectivity index (χ2n) is 11.3. The van der Waals surface area contributed by atoms with E-state index < -0.39 is 12.6 Å². The van der Waals surface area contributed by atoms with Crippen molar-refractivity contribution in [3.8, 4) is 17.2 Å². The molecule has 0 spiro atoms. The van der Waals surface area contributed by atoms with Gasteiger partial charge < -0.3 is 19.3 Å². The molecule has 0 aliphatic carbocycles. The molecule has 0 aliphatic heterocycles. The van der Waals surface area contributed by atoms with Gasteiger partial charge in [0.25, 0.3) is 0 Å². The van der Waals surface area contributed by atoms with Crippen LogP contribution in [0.15, 0.2) is 139 Å². The number of rotatable bonds is 15. The van der Waals surface area contributed by atoms with Crippen LogP contribution in [0.4, 0.5) is 0 Å². The van der Waals surface area contributed by atoms with Crippen molar-refractivity contribution in [3.05, 3.63) is 161 Å². The number of carbonyl (C=O) groups excluding carboxylic acids is 2. The van der Waals surface area contributed by atoms with Crippen molar-refractivity contribution < 1.29 is 33.7 Å². The number of carboxylic acid groups (broad SMARTS) is 1. The average molecular weight is 659 g/mol. The van der Waals surface area contributed by atoms with Gasteiger partial charge in [0.15, 0.2) is 18.2 Å². The summed E-state index contributed by atoms with van der Waals surface area (Å²) in [4.78, 5) is 35.5. The molecule has 4 rings (SSSR count). The monoisotopic (exact) mass is 658 g/mol. The van der Waals surface area contributed by atoms with Crippen LogP contribution in [0.1, 0.15) is 59.5 Å².